The van der Waals surface area contributed by atoms with Crippen LogP contribution in [0.25, 0.3) is 11.1 Å². The molecule has 0 bridgehead atoms. The molecule has 0 spiro atoms. The van der Waals surface area contributed by atoms with Crippen molar-refractivity contribution in [3.8, 4) is 17.2 Å². The van der Waals surface area contributed by atoms with Crippen LogP contribution >= 0.6 is 23.2 Å². The molecule has 1 atom stereocenters. The Morgan fingerprint density at radius 2 is 1.91 bits per heavy atom. The first-order valence-corrected chi connectivity index (χ1v) is 11.6. The number of benzene rings is 3. The Morgan fingerprint density at radius 3 is 2.72 bits per heavy atom. The minimum absolute atomic E-state index is 0.152. The largest absolute Gasteiger partial charge is 0.351 e. The summed E-state index contributed by atoms with van der Waals surface area (Å²) in [5, 5.41) is 12.8. The summed E-state index contributed by atoms with van der Waals surface area (Å²) >= 11 is 12.4. The van der Waals surface area contributed by atoms with Gasteiger partial charge in [-0.25, -0.2) is 0 Å². The van der Waals surface area contributed by atoms with Gasteiger partial charge in [-0.2, -0.15) is 5.26 Å². The Hall–Kier alpha value is -2.80. The fourth-order valence-corrected chi connectivity index (χ4v) is 4.90. The number of hydrogen-bond donors (Lipinski definition) is 1. The van der Waals surface area contributed by atoms with E-state index in [2.05, 4.69) is 23.5 Å². The summed E-state index contributed by atoms with van der Waals surface area (Å²) in [6.07, 6.45) is 4.50. The molecule has 4 rings (SSSR count). The number of nitriles is 1. The quantitative estimate of drug-likeness (QED) is 0.385. The van der Waals surface area contributed by atoms with Gasteiger partial charge in [-0.3, -0.25) is 4.79 Å². The van der Waals surface area contributed by atoms with E-state index in [4.69, 9.17) is 28.5 Å². The van der Waals surface area contributed by atoms with Crippen molar-refractivity contribution in [1.82, 2.24) is 5.32 Å². The van der Waals surface area contributed by atoms with Gasteiger partial charge in [-0.1, -0.05) is 59.6 Å². The van der Waals surface area contributed by atoms with Gasteiger partial charge in [0, 0.05) is 22.2 Å². The van der Waals surface area contributed by atoms with E-state index in [9.17, 15) is 4.79 Å². The zero-order chi connectivity index (χ0) is 22.5. The number of carbonyl (C=O) groups excluding carboxylic acids is 1. The van der Waals surface area contributed by atoms with Crippen LogP contribution < -0.4 is 5.32 Å². The van der Waals surface area contributed by atoms with Crippen molar-refractivity contribution < 1.29 is 4.79 Å². The number of hydrogen-bond acceptors (Lipinski definition) is 2. The van der Waals surface area contributed by atoms with Gasteiger partial charge in [-0.15, -0.1) is 0 Å². The third-order valence-electron chi connectivity index (χ3n) is 6.11. The SMILES string of the molecule is N#CCCNC(=O)c1cccc(-c2ccc3c(c2)C(CCc2ccc(Cl)cc2Cl)CC3)c1. The molecule has 1 aliphatic rings. The molecule has 0 aromatic heterocycles. The van der Waals surface area contributed by atoms with Crippen LogP contribution in [0, 0.1) is 11.3 Å². The number of carbonyl (C=O) groups is 1. The molecular weight excluding hydrogens is 439 g/mol. The van der Waals surface area contributed by atoms with Crippen LogP contribution in [0.5, 0.6) is 0 Å². The highest BCUT2D eigenvalue weighted by Crippen LogP contribution is 2.39. The lowest BCUT2D eigenvalue weighted by Gasteiger charge is -2.14. The first-order chi connectivity index (χ1) is 15.5. The fraction of sp³-hybridized carbons (Fsp3) is 0.259. The maximum absolute atomic E-state index is 12.4. The molecule has 0 saturated heterocycles. The Kier molecular flexibility index (Phi) is 7.15. The summed E-state index contributed by atoms with van der Waals surface area (Å²) in [6, 6.07) is 22.1. The first kappa shape index (κ1) is 22.4. The first-order valence-electron chi connectivity index (χ1n) is 10.9. The van der Waals surface area contributed by atoms with E-state index >= 15 is 0 Å². The molecule has 3 nitrogen and oxygen atoms in total. The third-order valence-corrected chi connectivity index (χ3v) is 6.69. The van der Waals surface area contributed by atoms with Gasteiger partial charge in [0.15, 0.2) is 0 Å². The lowest BCUT2D eigenvalue weighted by molar-refractivity contribution is 0.0954. The smallest absolute Gasteiger partial charge is 0.251 e. The van der Waals surface area contributed by atoms with Gasteiger partial charge in [-0.05, 0) is 83.7 Å². The lowest BCUT2D eigenvalue weighted by Crippen LogP contribution is -2.24. The number of halogens is 2. The minimum atomic E-state index is -0.152. The summed E-state index contributed by atoms with van der Waals surface area (Å²) in [5.41, 5.74) is 6.69. The van der Waals surface area contributed by atoms with Gasteiger partial charge in [0.1, 0.15) is 0 Å². The summed E-state index contributed by atoms with van der Waals surface area (Å²) in [5.74, 6) is 0.343. The Balaban J connectivity index is 1.51. The van der Waals surface area contributed by atoms with Crippen molar-refractivity contribution in [3.63, 3.8) is 0 Å². The highest BCUT2D eigenvalue weighted by Gasteiger charge is 2.23. The van der Waals surface area contributed by atoms with Crippen molar-refractivity contribution >= 4 is 29.1 Å². The van der Waals surface area contributed by atoms with E-state index in [1.54, 1.807) is 6.07 Å². The molecule has 0 heterocycles. The topological polar surface area (TPSA) is 52.9 Å². The van der Waals surface area contributed by atoms with Crippen LogP contribution in [0.15, 0.2) is 60.7 Å². The van der Waals surface area contributed by atoms with Crippen molar-refractivity contribution in [2.24, 2.45) is 0 Å². The van der Waals surface area contributed by atoms with E-state index in [0.29, 0.717) is 29.5 Å². The highest BCUT2D eigenvalue weighted by atomic mass is 35.5. The van der Waals surface area contributed by atoms with Gasteiger partial charge in [0.25, 0.3) is 5.91 Å². The maximum Gasteiger partial charge on any atom is 0.251 e. The van der Waals surface area contributed by atoms with Crippen LogP contribution in [-0.4, -0.2) is 12.5 Å². The summed E-state index contributed by atoms with van der Waals surface area (Å²) in [7, 11) is 0. The van der Waals surface area contributed by atoms with Crippen LogP contribution in [-0.2, 0) is 12.8 Å². The zero-order valence-electron chi connectivity index (χ0n) is 17.7. The summed E-state index contributed by atoms with van der Waals surface area (Å²) in [4.78, 5) is 12.4. The number of amides is 1. The van der Waals surface area contributed by atoms with E-state index in [-0.39, 0.29) is 5.91 Å². The molecule has 0 saturated carbocycles. The second-order valence-corrected chi connectivity index (χ2v) is 9.01. The molecule has 1 N–H and O–H groups in total. The van der Waals surface area contributed by atoms with Gasteiger partial charge < -0.3 is 5.32 Å². The minimum Gasteiger partial charge on any atom is -0.351 e. The molecule has 3 aromatic rings. The number of rotatable bonds is 7. The van der Waals surface area contributed by atoms with E-state index < -0.39 is 0 Å². The van der Waals surface area contributed by atoms with Gasteiger partial charge >= 0.3 is 0 Å². The molecule has 0 fully saturated rings. The number of nitrogens with zero attached hydrogens (tertiary/aromatic N) is 1. The van der Waals surface area contributed by atoms with E-state index in [1.807, 2.05) is 42.5 Å². The third kappa shape index (κ3) is 5.15. The lowest BCUT2D eigenvalue weighted by atomic mass is 9.91. The molecule has 1 amide bonds. The Labute approximate surface area is 199 Å². The molecule has 0 radical (unpaired) electrons. The van der Waals surface area contributed by atoms with Crippen molar-refractivity contribution in [2.45, 2.75) is 38.0 Å². The number of fused-ring (bicyclic) bond motifs is 1. The average molecular weight is 463 g/mol. The molecular formula is C27H24Cl2N2O. The van der Waals surface area contributed by atoms with Crippen LogP contribution in [0.3, 0.4) is 0 Å². The average Bonchev–Trinajstić information content (AvgIpc) is 3.21. The van der Waals surface area contributed by atoms with Crippen molar-refractivity contribution in [1.29, 1.82) is 5.26 Å². The number of aryl methyl sites for hydroxylation is 2. The molecule has 5 heteroatoms. The number of nitrogens with one attached hydrogen (secondary N) is 1. The fourth-order valence-electron chi connectivity index (χ4n) is 4.40. The van der Waals surface area contributed by atoms with Crippen LogP contribution in [0.1, 0.15) is 52.2 Å². The van der Waals surface area contributed by atoms with Crippen molar-refractivity contribution in [2.75, 3.05) is 6.54 Å². The van der Waals surface area contributed by atoms with E-state index in [0.717, 1.165) is 47.4 Å². The molecule has 3 aromatic carbocycles. The van der Waals surface area contributed by atoms with Gasteiger partial charge in [0.05, 0.1) is 12.5 Å². The predicted molar refractivity (Wildman–Crippen MR) is 130 cm³/mol. The summed E-state index contributed by atoms with van der Waals surface area (Å²) in [6.45, 7) is 0.359. The zero-order valence-corrected chi connectivity index (χ0v) is 19.2. The van der Waals surface area contributed by atoms with Crippen LogP contribution in [0.4, 0.5) is 0 Å². The second kappa shape index (κ2) is 10.2. The monoisotopic (exact) mass is 462 g/mol. The molecule has 32 heavy (non-hydrogen) atoms. The highest BCUT2D eigenvalue weighted by molar-refractivity contribution is 6.35. The standard InChI is InChI=1S/C27H24Cl2N2O/c28-24-12-11-20(26(29)17-24)9-7-18-5-6-19-8-10-22(16-25(18)19)21-3-1-4-23(15-21)27(32)31-14-2-13-30/h1,3-4,8,10-12,15-18H,2,5-7,9,14H2,(H,31,32). The molecule has 1 unspecified atom stereocenters. The molecule has 162 valence electrons. The Morgan fingerprint density at radius 1 is 1.06 bits per heavy atom. The van der Waals surface area contributed by atoms with E-state index in [1.165, 1.54) is 11.1 Å². The molecule has 0 aliphatic heterocycles. The normalized spacial score (nSPS) is 14.6. The molecule has 1 aliphatic carbocycles. The second-order valence-electron chi connectivity index (χ2n) is 8.17. The van der Waals surface area contributed by atoms with Crippen LogP contribution in [0.2, 0.25) is 10.0 Å². The Bertz CT molecular complexity index is 1180. The van der Waals surface area contributed by atoms with Crippen molar-refractivity contribution in [3.05, 3.63) is 93.0 Å². The summed E-state index contributed by atoms with van der Waals surface area (Å²) < 4.78 is 0. The predicted octanol–water partition coefficient (Wildman–Crippen LogP) is 6.97. The maximum atomic E-state index is 12.4. The van der Waals surface area contributed by atoms with Gasteiger partial charge in [0.2, 0.25) is 0 Å².